The van der Waals surface area contributed by atoms with Gasteiger partial charge in [-0.05, 0) is 23.8 Å². The summed E-state index contributed by atoms with van der Waals surface area (Å²) in [6, 6.07) is 15.4. The van der Waals surface area contributed by atoms with E-state index in [2.05, 4.69) is 59.0 Å². The zero-order valence-electron chi connectivity index (χ0n) is 11.7. The highest BCUT2D eigenvalue weighted by Crippen LogP contribution is 2.29. The van der Waals surface area contributed by atoms with Crippen molar-refractivity contribution in [2.45, 2.75) is 6.54 Å². The van der Waals surface area contributed by atoms with Crippen molar-refractivity contribution in [2.75, 3.05) is 19.9 Å². The summed E-state index contributed by atoms with van der Waals surface area (Å²) < 4.78 is 7.68. The van der Waals surface area contributed by atoms with Crippen LogP contribution in [-0.4, -0.2) is 29.3 Å². The lowest BCUT2D eigenvalue weighted by Gasteiger charge is -2.12. The monoisotopic (exact) mass is 266 g/mol. The molecule has 1 aliphatic rings. The van der Waals surface area contributed by atoms with Gasteiger partial charge >= 0.3 is 0 Å². The second-order valence-electron chi connectivity index (χ2n) is 5.52. The van der Waals surface area contributed by atoms with Crippen LogP contribution >= 0.6 is 0 Å². The maximum atomic E-state index is 5.41. The Morgan fingerprint density at radius 1 is 1.05 bits per heavy atom. The summed E-state index contributed by atoms with van der Waals surface area (Å²) in [6.45, 7) is 3.62. The van der Waals surface area contributed by atoms with Gasteiger partial charge < -0.3 is 9.30 Å². The molecule has 0 N–H and O–H groups in total. The number of rotatable bonds is 2. The normalized spacial score (nSPS) is 16.4. The van der Waals surface area contributed by atoms with E-state index < -0.39 is 0 Å². The predicted octanol–water partition coefficient (Wildman–Crippen LogP) is 3.12. The third-order valence-corrected chi connectivity index (χ3v) is 4.21. The van der Waals surface area contributed by atoms with E-state index in [-0.39, 0.29) is 0 Å². The number of aromatic nitrogens is 1. The minimum atomic E-state index is 0.758. The van der Waals surface area contributed by atoms with Crippen molar-refractivity contribution >= 4 is 21.8 Å². The van der Waals surface area contributed by atoms with Gasteiger partial charge in [0.05, 0.1) is 13.3 Å². The van der Waals surface area contributed by atoms with Crippen LogP contribution < -0.4 is 0 Å². The quantitative estimate of drug-likeness (QED) is 0.709. The molecule has 20 heavy (non-hydrogen) atoms. The number of fused-ring (bicyclic) bond motifs is 3. The van der Waals surface area contributed by atoms with Crippen LogP contribution in [0.4, 0.5) is 0 Å². The first-order valence-electron chi connectivity index (χ1n) is 7.09. The van der Waals surface area contributed by atoms with Gasteiger partial charge in [-0.3, -0.25) is 4.90 Å². The van der Waals surface area contributed by atoms with Crippen LogP contribution in [0.3, 0.4) is 0 Å². The van der Waals surface area contributed by atoms with Crippen molar-refractivity contribution in [1.82, 2.24) is 9.47 Å². The van der Waals surface area contributed by atoms with E-state index in [0.717, 1.165) is 26.4 Å². The van der Waals surface area contributed by atoms with Crippen LogP contribution in [-0.2, 0) is 18.3 Å². The molecule has 0 atom stereocenters. The van der Waals surface area contributed by atoms with Crippen LogP contribution in [0.5, 0.6) is 0 Å². The summed E-state index contributed by atoms with van der Waals surface area (Å²) in [7, 11) is 2.14. The van der Waals surface area contributed by atoms with E-state index in [4.69, 9.17) is 4.74 Å². The maximum absolute atomic E-state index is 5.41. The molecule has 0 spiro atoms. The van der Waals surface area contributed by atoms with Crippen molar-refractivity contribution in [3.8, 4) is 0 Å². The Bertz CT molecular complexity index is 769. The summed E-state index contributed by atoms with van der Waals surface area (Å²) in [6.07, 6.45) is 0. The Morgan fingerprint density at radius 3 is 2.75 bits per heavy atom. The largest absolute Gasteiger partial charge is 0.365 e. The van der Waals surface area contributed by atoms with E-state index in [1.807, 2.05) is 0 Å². The molecular formula is C17H18N2O. The number of para-hydroxylation sites is 1. The second-order valence-corrected chi connectivity index (χ2v) is 5.52. The maximum Gasteiger partial charge on any atom is 0.0994 e. The summed E-state index contributed by atoms with van der Waals surface area (Å²) in [5, 5.41) is 2.69. The molecule has 4 rings (SSSR count). The Hall–Kier alpha value is -1.84. The smallest absolute Gasteiger partial charge is 0.0994 e. The average Bonchev–Trinajstić information content (AvgIpc) is 3.08. The fourth-order valence-electron chi connectivity index (χ4n) is 3.15. The Kier molecular flexibility index (Phi) is 2.76. The van der Waals surface area contributed by atoms with E-state index >= 15 is 0 Å². The number of hydrogen-bond donors (Lipinski definition) is 0. The topological polar surface area (TPSA) is 17.4 Å². The predicted molar refractivity (Wildman–Crippen MR) is 81.7 cm³/mol. The molecule has 0 bridgehead atoms. The van der Waals surface area contributed by atoms with E-state index in [9.17, 15) is 0 Å². The average molecular weight is 266 g/mol. The van der Waals surface area contributed by atoms with Gasteiger partial charge in [0.15, 0.2) is 0 Å². The molecule has 0 saturated carbocycles. The first kappa shape index (κ1) is 11.9. The number of hydrogen-bond acceptors (Lipinski definition) is 2. The van der Waals surface area contributed by atoms with E-state index in [0.29, 0.717) is 0 Å². The lowest BCUT2D eigenvalue weighted by Crippen LogP contribution is -2.18. The molecule has 1 fully saturated rings. The van der Waals surface area contributed by atoms with Gasteiger partial charge in [0.2, 0.25) is 0 Å². The second kappa shape index (κ2) is 4.62. The van der Waals surface area contributed by atoms with Crippen LogP contribution in [0.2, 0.25) is 0 Å². The first-order chi connectivity index (χ1) is 9.83. The van der Waals surface area contributed by atoms with Gasteiger partial charge in [-0.1, -0.05) is 24.3 Å². The lowest BCUT2D eigenvalue weighted by molar-refractivity contribution is 0.137. The van der Waals surface area contributed by atoms with Gasteiger partial charge in [0.25, 0.3) is 0 Å². The zero-order chi connectivity index (χ0) is 13.5. The number of aryl methyl sites for hydroxylation is 1. The fourth-order valence-corrected chi connectivity index (χ4v) is 3.15. The standard InChI is InChI=1S/C17H18N2O/c1-18-16-5-3-2-4-14(16)15-10-13(6-7-17(15)18)11-19-8-9-20-12-19/h2-7,10H,8-9,11-12H2,1H3. The number of ether oxygens (including phenoxy) is 1. The van der Waals surface area contributed by atoms with Crippen molar-refractivity contribution in [2.24, 2.45) is 7.05 Å². The minimum absolute atomic E-state index is 0.758. The van der Waals surface area contributed by atoms with Gasteiger partial charge in [-0.25, -0.2) is 0 Å². The van der Waals surface area contributed by atoms with Crippen molar-refractivity contribution in [3.05, 3.63) is 48.0 Å². The van der Waals surface area contributed by atoms with Gasteiger partial charge in [-0.2, -0.15) is 0 Å². The van der Waals surface area contributed by atoms with Crippen LogP contribution in [0, 0.1) is 0 Å². The molecule has 1 aliphatic heterocycles. The zero-order valence-corrected chi connectivity index (χ0v) is 11.7. The van der Waals surface area contributed by atoms with Crippen LogP contribution in [0.15, 0.2) is 42.5 Å². The SMILES string of the molecule is Cn1c2ccccc2c2cc(CN3CCOC3)ccc21. The molecule has 3 nitrogen and oxygen atoms in total. The van der Waals surface area contributed by atoms with Crippen LogP contribution in [0.25, 0.3) is 21.8 Å². The molecule has 3 heteroatoms. The molecular weight excluding hydrogens is 248 g/mol. The fraction of sp³-hybridized carbons (Fsp3) is 0.294. The highest BCUT2D eigenvalue weighted by molar-refractivity contribution is 6.08. The summed E-state index contributed by atoms with van der Waals surface area (Å²) >= 11 is 0. The van der Waals surface area contributed by atoms with Gasteiger partial charge in [0.1, 0.15) is 0 Å². The summed E-state index contributed by atoms with van der Waals surface area (Å²) in [5.74, 6) is 0. The molecule has 102 valence electrons. The molecule has 0 unspecified atom stereocenters. The highest BCUT2D eigenvalue weighted by atomic mass is 16.5. The lowest BCUT2D eigenvalue weighted by atomic mass is 10.1. The van der Waals surface area contributed by atoms with Crippen molar-refractivity contribution in [3.63, 3.8) is 0 Å². The number of benzene rings is 2. The molecule has 0 radical (unpaired) electrons. The molecule has 3 aromatic rings. The number of nitrogens with zero attached hydrogens (tertiary/aromatic N) is 2. The Labute approximate surface area is 118 Å². The summed E-state index contributed by atoms with van der Waals surface area (Å²) in [5.41, 5.74) is 3.95. The van der Waals surface area contributed by atoms with E-state index in [1.165, 1.54) is 27.4 Å². The Balaban J connectivity index is 1.83. The van der Waals surface area contributed by atoms with Gasteiger partial charge in [-0.15, -0.1) is 0 Å². The molecule has 0 aliphatic carbocycles. The van der Waals surface area contributed by atoms with E-state index in [1.54, 1.807) is 0 Å². The van der Waals surface area contributed by atoms with Crippen LogP contribution in [0.1, 0.15) is 5.56 Å². The summed E-state index contributed by atoms with van der Waals surface area (Å²) in [4.78, 5) is 2.34. The third kappa shape index (κ3) is 1.82. The first-order valence-corrected chi connectivity index (χ1v) is 7.09. The third-order valence-electron chi connectivity index (χ3n) is 4.21. The molecule has 1 saturated heterocycles. The van der Waals surface area contributed by atoms with Gasteiger partial charge in [0, 0.05) is 41.9 Å². The molecule has 2 aromatic carbocycles. The molecule has 0 amide bonds. The molecule has 2 heterocycles. The molecule has 1 aromatic heterocycles. The van der Waals surface area contributed by atoms with Crippen molar-refractivity contribution < 1.29 is 4.74 Å². The Morgan fingerprint density at radius 2 is 1.90 bits per heavy atom. The highest BCUT2D eigenvalue weighted by Gasteiger charge is 2.13. The minimum Gasteiger partial charge on any atom is -0.365 e. The van der Waals surface area contributed by atoms with Crippen molar-refractivity contribution in [1.29, 1.82) is 0 Å².